The van der Waals surface area contributed by atoms with Crippen LogP contribution in [0.1, 0.15) is 19.7 Å². The number of carbonyl (C=O) groups is 1. The fraction of sp³-hybridized carbons (Fsp3) is 0.529. The lowest BCUT2D eigenvalue weighted by molar-refractivity contribution is -0.144. The number of carbonyl (C=O) groups excluding carboxylic acids is 1. The van der Waals surface area contributed by atoms with Crippen molar-refractivity contribution in [1.82, 2.24) is 19.8 Å². The second-order valence-electron chi connectivity index (χ2n) is 6.57. The topological polar surface area (TPSA) is 61.5 Å². The molecule has 7 heteroatoms. The van der Waals surface area contributed by atoms with Crippen molar-refractivity contribution in [3.05, 3.63) is 29.8 Å². The van der Waals surface area contributed by atoms with Crippen LogP contribution in [0.3, 0.4) is 0 Å². The van der Waals surface area contributed by atoms with Crippen LogP contribution in [0.4, 0.5) is 4.39 Å². The molecule has 24 heavy (non-hydrogen) atoms. The maximum absolute atomic E-state index is 13.2. The Balaban J connectivity index is 1.59. The molecule has 1 fully saturated rings. The Morgan fingerprint density at radius 3 is 2.83 bits per heavy atom. The molecule has 0 unspecified atom stereocenters. The number of halogens is 1. The van der Waals surface area contributed by atoms with Crippen molar-refractivity contribution >= 4 is 16.9 Å². The summed E-state index contributed by atoms with van der Waals surface area (Å²) in [5.74, 6) is 0.507. The molecule has 0 aliphatic carbocycles. The van der Waals surface area contributed by atoms with Crippen LogP contribution in [-0.4, -0.2) is 64.6 Å². The van der Waals surface area contributed by atoms with Crippen molar-refractivity contribution < 1.29 is 13.9 Å². The van der Waals surface area contributed by atoms with E-state index in [9.17, 15) is 9.18 Å². The van der Waals surface area contributed by atoms with Crippen molar-refractivity contribution in [3.8, 4) is 0 Å². The molecule has 1 aliphatic rings. The smallest absolute Gasteiger partial charge is 0.236 e. The van der Waals surface area contributed by atoms with Gasteiger partial charge in [0.05, 0.1) is 36.3 Å². The number of nitrogens with one attached hydrogen (secondary N) is 1. The Kier molecular flexibility index (Phi) is 4.82. The average Bonchev–Trinajstić information content (AvgIpc) is 2.87. The molecule has 3 rings (SSSR count). The van der Waals surface area contributed by atoms with Crippen LogP contribution in [0.25, 0.3) is 11.0 Å². The number of aromatic nitrogens is 2. The predicted molar refractivity (Wildman–Crippen MR) is 89.0 cm³/mol. The zero-order valence-electron chi connectivity index (χ0n) is 14.3. The van der Waals surface area contributed by atoms with Gasteiger partial charge in [0.1, 0.15) is 11.6 Å². The number of H-pyrrole nitrogens is 1. The number of nitrogens with zero attached hydrogens (tertiary/aromatic N) is 3. The van der Waals surface area contributed by atoms with Gasteiger partial charge in [-0.25, -0.2) is 9.37 Å². The first-order chi connectivity index (χ1) is 11.4. The van der Waals surface area contributed by atoms with Crippen molar-refractivity contribution in [2.45, 2.75) is 32.6 Å². The number of hydrogen-bond donors (Lipinski definition) is 1. The Bertz CT molecular complexity index is 722. The van der Waals surface area contributed by atoms with Crippen molar-refractivity contribution in [3.63, 3.8) is 0 Å². The number of amides is 1. The summed E-state index contributed by atoms with van der Waals surface area (Å²) in [4.78, 5) is 23.7. The Morgan fingerprint density at radius 2 is 2.12 bits per heavy atom. The van der Waals surface area contributed by atoms with Gasteiger partial charge in [-0.1, -0.05) is 0 Å². The van der Waals surface area contributed by atoms with E-state index < -0.39 is 0 Å². The molecule has 1 N–H and O–H groups in total. The zero-order valence-corrected chi connectivity index (χ0v) is 14.3. The van der Waals surface area contributed by atoms with E-state index in [1.807, 2.05) is 30.7 Å². The van der Waals surface area contributed by atoms with Crippen LogP contribution < -0.4 is 0 Å². The van der Waals surface area contributed by atoms with Crippen molar-refractivity contribution in [2.24, 2.45) is 0 Å². The number of benzene rings is 1. The van der Waals surface area contributed by atoms with Crippen LogP contribution in [0.15, 0.2) is 18.2 Å². The fourth-order valence-corrected chi connectivity index (χ4v) is 3.13. The van der Waals surface area contributed by atoms with Gasteiger partial charge in [0.2, 0.25) is 5.91 Å². The third-order valence-corrected chi connectivity index (χ3v) is 4.09. The van der Waals surface area contributed by atoms with E-state index in [0.29, 0.717) is 31.7 Å². The van der Waals surface area contributed by atoms with Gasteiger partial charge in [-0.15, -0.1) is 0 Å². The maximum Gasteiger partial charge on any atom is 0.236 e. The number of aromatic amines is 1. The molecule has 1 aromatic carbocycles. The first-order valence-corrected chi connectivity index (χ1v) is 8.16. The number of imidazole rings is 1. The normalized spacial score (nSPS) is 21.6. The molecule has 2 heterocycles. The first kappa shape index (κ1) is 16.9. The van der Waals surface area contributed by atoms with Crippen LogP contribution >= 0.6 is 0 Å². The SMILES string of the molecule is C[C@@H]1CN(C(=O)CN(C)Cc2nc3ccc(F)cc3[nH]2)C[C@H](C)O1. The van der Waals surface area contributed by atoms with Crippen LogP contribution in [0.2, 0.25) is 0 Å². The van der Waals surface area contributed by atoms with Crippen LogP contribution in [0.5, 0.6) is 0 Å². The summed E-state index contributed by atoms with van der Waals surface area (Å²) in [6.07, 6.45) is 0.126. The lowest BCUT2D eigenvalue weighted by Crippen LogP contribution is -2.50. The molecular weight excluding hydrogens is 311 g/mol. The zero-order chi connectivity index (χ0) is 17.3. The predicted octanol–water partition coefficient (Wildman–Crippen LogP) is 1.77. The van der Waals surface area contributed by atoms with Gasteiger partial charge in [-0.3, -0.25) is 9.69 Å². The van der Waals surface area contributed by atoms with Gasteiger partial charge >= 0.3 is 0 Å². The molecule has 0 saturated carbocycles. The summed E-state index contributed by atoms with van der Waals surface area (Å²) in [6, 6.07) is 4.46. The number of ether oxygens (including phenoxy) is 1. The average molecular weight is 334 g/mol. The van der Waals surface area contributed by atoms with Crippen molar-refractivity contribution in [1.29, 1.82) is 0 Å². The van der Waals surface area contributed by atoms with E-state index in [-0.39, 0.29) is 23.9 Å². The van der Waals surface area contributed by atoms with Gasteiger partial charge in [-0.05, 0) is 39.1 Å². The second kappa shape index (κ2) is 6.86. The minimum absolute atomic E-state index is 0.0632. The highest BCUT2D eigenvalue weighted by atomic mass is 19.1. The van der Waals surface area contributed by atoms with E-state index in [2.05, 4.69) is 9.97 Å². The maximum atomic E-state index is 13.2. The summed E-state index contributed by atoms with van der Waals surface area (Å²) >= 11 is 0. The lowest BCUT2D eigenvalue weighted by atomic mass is 10.2. The molecule has 0 radical (unpaired) electrons. The third kappa shape index (κ3) is 3.91. The molecular formula is C17H23FN4O2. The lowest BCUT2D eigenvalue weighted by Gasteiger charge is -2.36. The molecule has 1 aliphatic heterocycles. The van der Waals surface area contributed by atoms with Gasteiger partial charge in [-0.2, -0.15) is 0 Å². The monoisotopic (exact) mass is 334 g/mol. The number of morpholine rings is 1. The largest absolute Gasteiger partial charge is 0.372 e. The van der Waals surface area contributed by atoms with Gasteiger partial charge in [0, 0.05) is 13.1 Å². The van der Waals surface area contributed by atoms with E-state index in [1.54, 1.807) is 6.07 Å². The first-order valence-electron chi connectivity index (χ1n) is 8.16. The highest BCUT2D eigenvalue weighted by Crippen LogP contribution is 2.14. The fourth-order valence-electron chi connectivity index (χ4n) is 3.13. The molecule has 1 saturated heterocycles. The Morgan fingerprint density at radius 1 is 1.42 bits per heavy atom. The van der Waals surface area contributed by atoms with Gasteiger partial charge in [0.15, 0.2) is 0 Å². The van der Waals surface area contributed by atoms with E-state index in [1.165, 1.54) is 12.1 Å². The standard InChI is InChI=1S/C17H23FN4O2/c1-11-7-22(8-12(2)24-11)17(23)10-21(3)9-16-19-14-5-4-13(18)6-15(14)20-16/h4-6,11-12H,7-10H2,1-3H3,(H,19,20)/t11-,12+. The number of fused-ring (bicyclic) bond motifs is 1. The Hall–Kier alpha value is -1.99. The summed E-state index contributed by atoms with van der Waals surface area (Å²) < 4.78 is 18.9. The minimum atomic E-state index is -0.295. The molecule has 1 amide bonds. The summed E-state index contributed by atoms with van der Waals surface area (Å²) in [5, 5.41) is 0. The second-order valence-corrected chi connectivity index (χ2v) is 6.57. The van der Waals surface area contributed by atoms with Gasteiger partial charge in [0.25, 0.3) is 0 Å². The van der Waals surface area contributed by atoms with E-state index in [0.717, 1.165) is 11.3 Å². The van der Waals surface area contributed by atoms with Gasteiger partial charge < -0.3 is 14.6 Å². The summed E-state index contributed by atoms with van der Waals surface area (Å²) in [6.45, 7) is 6.02. The summed E-state index contributed by atoms with van der Waals surface area (Å²) in [7, 11) is 1.87. The Labute approximate surface area is 140 Å². The molecule has 2 aromatic rings. The minimum Gasteiger partial charge on any atom is -0.372 e. The third-order valence-electron chi connectivity index (χ3n) is 4.09. The number of likely N-dealkylation sites (N-methyl/N-ethyl adjacent to an activating group) is 1. The molecule has 130 valence electrons. The summed E-state index contributed by atoms with van der Waals surface area (Å²) in [5.41, 5.74) is 1.39. The van der Waals surface area contributed by atoms with Crippen molar-refractivity contribution in [2.75, 3.05) is 26.7 Å². The molecule has 0 spiro atoms. The molecule has 0 bridgehead atoms. The molecule has 6 nitrogen and oxygen atoms in total. The highest BCUT2D eigenvalue weighted by molar-refractivity contribution is 5.78. The highest BCUT2D eigenvalue weighted by Gasteiger charge is 2.26. The quantitative estimate of drug-likeness (QED) is 0.926. The number of rotatable bonds is 4. The van der Waals surface area contributed by atoms with E-state index >= 15 is 0 Å². The van der Waals surface area contributed by atoms with E-state index in [4.69, 9.17) is 4.74 Å². The van der Waals surface area contributed by atoms with Crippen LogP contribution in [-0.2, 0) is 16.1 Å². The molecule has 2 atom stereocenters. The number of hydrogen-bond acceptors (Lipinski definition) is 4. The molecule has 1 aromatic heterocycles. The van der Waals surface area contributed by atoms with Crippen LogP contribution in [0, 0.1) is 5.82 Å².